The molecule has 3 aromatic carbocycles. The minimum absolute atomic E-state index is 0.129. The number of hydrogen-bond acceptors (Lipinski definition) is 3. The van der Waals surface area contributed by atoms with Crippen LogP contribution in [0.25, 0.3) is 53.2 Å². The van der Waals surface area contributed by atoms with E-state index in [1.807, 2.05) is 0 Å². The van der Waals surface area contributed by atoms with E-state index >= 15 is 0 Å². The molecule has 3 aromatic heterocycles. The van der Waals surface area contributed by atoms with Gasteiger partial charge in [-0.3, -0.25) is 0 Å². The Bertz CT molecular complexity index is 1810. The first-order chi connectivity index (χ1) is 16.3. The van der Waals surface area contributed by atoms with Crippen LogP contribution < -0.4 is 9.30 Å². The van der Waals surface area contributed by atoms with Crippen LogP contribution in [0.2, 0.25) is 0 Å². The molecule has 34 heavy (non-hydrogen) atoms. The highest BCUT2D eigenvalue weighted by Gasteiger charge is 2.34. The topological polar surface area (TPSA) is 26.2 Å². The van der Waals surface area contributed by atoms with Gasteiger partial charge in [-0.2, -0.15) is 0 Å². The number of rotatable bonds is 1. The summed E-state index contributed by atoms with van der Waals surface area (Å²) in [6.07, 6.45) is 4.91. The lowest BCUT2D eigenvalue weighted by atomic mass is 9.81. The first kappa shape index (κ1) is 20.0. The van der Waals surface area contributed by atoms with Crippen LogP contribution in [0.5, 0.6) is 11.5 Å². The second-order valence-electron chi connectivity index (χ2n) is 10.7. The first-order valence-electron chi connectivity index (χ1n) is 11.8. The third-order valence-electron chi connectivity index (χ3n) is 7.14. The van der Waals surface area contributed by atoms with E-state index in [0.717, 1.165) is 28.2 Å². The van der Waals surface area contributed by atoms with Crippen molar-refractivity contribution >= 4 is 53.3 Å². The predicted octanol–water partition coefficient (Wildman–Crippen LogP) is 8.45. The number of fused-ring (bicyclic) bond motifs is 7. The molecule has 0 unspecified atom stereocenters. The molecule has 0 N–H and O–H groups in total. The van der Waals surface area contributed by atoms with Crippen LogP contribution in [-0.2, 0) is 13.5 Å². The molecule has 168 valence electrons. The summed E-state index contributed by atoms with van der Waals surface area (Å²) >= 11 is 1.72. The summed E-state index contributed by atoms with van der Waals surface area (Å²) in [4.78, 5) is 0.968. The molecule has 0 bridgehead atoms. The highest BCUT2D eigenvalue weighted by Crippen LogP contribution is 2.54. The fourth-order valence-electron chi connectivity index (χ4n) is 5.72. The normalized spacial score (nSPS) is 13.2. The summed E-state index contributed by atoms with van der Waals surface area (Å²) in [5, 5.41) is 7.38. The second-order valence-corrected chi connectivity index (χ2v) is 11.7. The number of hydrogen-bond donors (Lipinski definition) is 0. The van der Waals surface area contributed by atoms with Crippen LogP contribution >= 0.6 is 11.3 Å². The number of pyridine rings is 1. The number of ether oxygens (including phenoxy) is 1. The van der Waals surface area contributed by atoms with E-state index in [-0.39, 0.29) is 5.41 Å². The standard InChI is InChI=1S/C30H26NO2S/c1-16-17-8-6-7-9-18(17)22(15-30(2,3)4)27-24(16)26-25-20(10-12-31(26)5)28-21(14-23(25)33-27)19-11-13-32-29(19)34-28/h6-14H,15H2,1-5H3/q+1. The molecule has 4 heterocycles. The van der Waals surface area contributed by atoms with Gasteiger partial charge in [-0.15, -0.1) is 0 Å². The van der Waals surface area contributed by atoms with Gasteiger partial charge in [-0.1, -0.05) is 56.4 Å². The minimum Gasteiger partial charge on any atom is -0.455 e. The van der Waals surface area contributed by atoms with Gasteiger partial charge < -0.3 is 9.15 Å². The maximum absolute atomic E-state index is 6.93. The lowest BCUT2D eigenvalue weighted by Gasteiger charge is -2.28. The van der Waals surface area contributed by atoms with Crippen LogP contribution in [-0.4, -0.2) is 0 Å². The quantitative estimate of drug-likeness (QED) is 0.228. The SMILES string of the molecule is Cc1c2c(c(CC(C)(C)C)c3ccccc13)Oc1cc3c4ccoc4sc3c3cc[n+](C)c-2c13. The number of nitrogens with zero attached hydrogens (tertiary/aromatic N) is 1. The average molecular weight is 465 g/mol. The molecule has 0 saturated carbocycles. The largest absolute Gasteiger partial charge is 0.455 e. The van der Waals surface area contributed by atoms with E-state index in [1.54, 1.807) is 17.6 Å². The van der Waals surface area contributed by atoms with E-state index in [4.69, 9.17) is 9.15 Å². The molecule has 0 aliphatic carbocycles. The van der Waals surface area contributed by atoms with Crippen molar-refractivity contribution in [2.45, 2.75) is 34.1 Å². The van der Waals surface area contributed by atoms with Crippen molar-refractivity contribution in [3.63, 3.8) is 0 Å². The third-order valence-corrected chi connectivity index (χ3v) is 8.28. The van der Waals surface area contributed by atoms with Crippen molar-refractivity contribution in [2.75, 3.05) is 0 Å². The molecule has 1 aliphatic heterocycles. The molecule has 0 amide bonds. The zero-order valence-corrected chi connectivity index (χ0v) is 20.9. The van der Waals surface area contributed by atoms with Gasteiger partial charge in [-0.05, 0) is 47.2 Å². The summed E-state index contributed by atoms with van der Waals surface area (Å²) < 4.78 is 16.2. The third kappa shape index (κ3) is 2.60. The molecule has 3 nitrogen and oxygen atoms in total. The first-order valence-corrected chi connectivity index (χ1v) is 12.6. The van der Waals surface area contributed by atoms with Crippen LogP contribution in [0.4, 0.5) is 0 Å². The Morgan fingerprint density at radius 3 is 2.53 bits per heavy atom. The second kappa shape index (κ2) is 6.61. The Morgan fingerprint density at radius 1 is 0.941 bits per heavy atom. The van der Waals surface area contributed by atoms with Crippen LogP contribution in [0, 0.1) is 12.3 Å². The molecule has 0 atom stereocenters. The lowest BCUT2D eigenvalue weighted by Crippen LogP contribution is -2.32. The van der Waals surface area contributed by atoms with Crippen molar-refractivity contribution in [2.24, 2.45) is 12.5 Å². The summed E-state index contributed by atoms with van der Waals surface area (Å²) in [6.45, 7) is 9.15. The van der Waals surface area contributed by atoms with Gasteiger partial charge >= 0.3 is 0 Å². The summed E-state index contributed by atoms with van der Waals surface area (Å²) in [6, 6.07) is 15.3. The molecule has 0 saturated heterocycles. The smallest absolute Gasteiger partial charge is 0.228 e. The van der Waals surface area contributed by atoms with Crippen molar-refractivity contribution in [3.05, 3.63) is 66.1 Å². The van der Waals surface area contributed by atoms with Crippen molar-refractivity contribution in [1.29, 1.82) is 0 Å². The fraction of sp³-hybridized carbons (Fsp3) is 0.233. The fourth-order valence-corrected chi connectivity index (χ4v) is 6.86. The maximum atomic E-state index is 6.93. The van der Waals surface area contributed by atoms with E-state index < -0.39 is 0 Å². The molecular formula is C30H26NO2S+. The number of benzene rings is 3. The monoisotopic (exact) mass is 464 g/mol. The Hall–Kier alpha value is -3.37. The van der Waals surface area contributed by atoms with Gasteiger partial charge in [0.1, 0.15) is 18.5 Å². The maximum Gasteiger partial charge on any atom is 0.228 e. The Morgan fingerprint density at radius 2 is 1.74 bits per heavy atom. The van der Waals surface area contributed by atoms with Gasteiger partial charge in [0.15, 0.2) is 11.1 Å². The number of aromatic nitrogens is 1. The Labute approximate surface area is 202 Å². The number of furan rings is 1. The highest BCUT2D eigenvalue weighted by atomic mass is 32.1. The Balaban J connectivity index is 1.68. The van der Waals surface area contributed by atoms with E-state index in [2.05, 4.69) is 88.0 Å². The van der Waals surface area contributed by atoms with Crippen LogP contribution in [0.15, 0.2) is 59.3 Å². The zero-order valence-electron chi connectivity index (χ0n) is 20.1. The molecule has 7 rings (SSSR count). The van der Waals surface area contributed by atoms with Gasteiger partial charge in [0.05, 0.1) is 17.2 Å². The highest BCUT2D eigenvalue weighted by molar-refractivity contribution is 7.26. The average Bonchev–Trinajstić information content (AvgIpc) is 3.39. The zero-order chi connectivity index (χ0) is 23.4. The Kier molecular flexibility index (Phi) is 3.89. The van der Waals surface area contributed by atoms with E-state index in [0.29, 0.717) is 0 Å². The van der Waals surface area contributed by atoms with E-state index in [9.17, 15) is 0 Å². The van der Waals surface area contributed by atoms with E-state index in [1.165, 1.54) is 54.0 Å². The molecule has 6 aromatic rings. The molecule has 1 aliphatic rings. The summed E-state index contributed by atoms with van der Waals surface area (Å²) in [5.41, 5.74) is 5.16. The van der Waals surface area contributed by atoms with Gasteiger partial charge in [0, 0.05) is 32.5 Å². The van der Waals surface area contributed by atoms with Gasteiger partial charge in [0.25, 0.3) is 0 Å². The predicted molar refractivity (Wildman–Crippen MR) is 141 cm³/mol. The van der Waals surface area contributed by atoms with Gasteiger partial charge in [-0.25, -0.2) is 4.57 Å². The summed E-state index contributed by atoms with van der Waals surface area (Å²) in [7, 11) is 2.15. The molecule has 0 spiro atoms. The van der Waals surface area contributed by atoms with Crippen LogP contribution in [0.3, 0.4) is 0 Å². The van der Waals surface area contributed by atoms with Gasteiger partial charge in [0.2, 0.25) is 5.69 Å². The van der Waals surface area contributed by atoms with Crippen molar-refractivity contribution in [1.82, 2.24) is 0 Å². The van der Waals surface area contributed by atoms with Crippen molar-refractivity contribution < 1.29 is 13.7 Å². The summed E-state index contributed by atoms with van der Waals surface area (Å²) in [5.74, 6) is 1.95. The number of aryl methyl sites for hydroxylation is 2. The van der Waals surface area contributed by atoms with Crippen LogP contribution in [0.1, 0.15) is 31.9 Å². The molecule has 0 fully saturated rings. The molecule has 0 radical (unpaired) electrons. The molecular weight excluding hydrogens is 438 g/mol. The minimum atomic E-state index is 0.129. The lowest BCUT2D eigenvalue weighted by molar-refractivity contribution is -0.659. The van der Waals surface area contributed by atoms with Crippen molar-refractivity contribution in [3.8, 4) is 22.8 Å². The molecule has 4 heteroatoms. The number of thiophene rings is 1.